The van der Waals surface area contributed by atoms with Crippen LogP contribution in [0.3, 0.4) is 0 Å². The third kappa shape index (κ3) is 2.53. The van der Waals surface area contributed by atoms with Crippen LogP contribution in [0.15, 0.2) is 23.8 Å². The Morgan fingerprint density at radius 2 is 2.36 bits per heavy atom. The van der Waals surface area contributed by atoms with E-state index in [1.54, 1.807) is 5.57 Å². The van der Waals surface area contributed by atoms with Gasteiger partial charge in [-0.05, 0) is 31.6 Å². The SMILES string of the molecule is CCC(C)C1=CC=CCCC1. The van der Waals surface area contributed by atoms with E-state index in [4.69, 9.17) is 0 Å². The third-order valence-corrected chi connectivity index (χ3v) is 2.53. The summed E-state index contributed by atoms with van der Waals surface area (Å²) in [6, 6.07) is 0. The molecule has 0 bridgehead atoms. The topological polar surface area (TPSA) is 0 Å². The quantitative estimate of drug-likeness (QED) is 0.563. The lowest BCUT2D eigenvalue weighted by Gasteiger charge is -2.11. The predicted molar refractivity (Wildman–Crippen MR) is 50.5 cm³/mol. The standard InChI is InChI=1S/C11H18/c1-3-10(2)11-8-6-4-5-7-9-11/h4,6,8,10H,3,5,7,9H2,1-2H3. The molecular formula is C11H18. The van der Waals surface area contributed by atoms with E-state index in [9.17, 15) is 0 Å². The normalized spacial score (nSPS) is 20.7. The van der Waals surface area contributed by atoms with Crippen LogP contribution in [0, 0.1) is 5.92 Å². The van der Waals surface area contributed by atoms with E-state index in [2.05, 4.69) is 32.1 Å². The first-order valence-corrected chi connectivity index (χ1v) is 4.70. The van der Waals surface area contributed by atoms with E-state index in [0.717, 1.165) is 5.92 Å². The summed E-state index contributed by atoms with van der Waals surface area (Å²) in [6.07, 6.45) is 12.0. The van der Waals surface area contributed by atoms with Crippen LogP contribution in [0.5, 0.6) is 0 Å². The average Bonchev–Trinajstić information content (AvgIpc) is 2.30. The molecule has 0 heteroatoms. The summed E-state index contributed by atoms with van der Waals surface area (Å²) in [6.45, 7) is 4.59. The average molecular weight is 150 g/mol. The van der Waals surface area contributed by atoms with Crippen molar-refractivity contribution in [2.24, 2.45) is 5.92 Å². The van der Waals surface area contributed by atoms with Gasteiger partial charge in [0.1, 0.15) is 0 Å². The van der Waals surface area contributed by atoms with Crippen molar-refractivity contribution in [2.45, 2.75) is 39.5 Å². The van der Waals surface area contributed by atoms with Crippen molar-refractivity contribution in [1.29, 1.82) is 0 Å². The van der Waals surface area contributed by atoms with Crippen molar-refractivity contribution in [3.8, 4) is 0 Å². The molecule has 0 saturated carbocycles. The first kappa shape index (κ1) is 8.58. The van der Waals surface area contributed by atoms with Crippen LogP contribution in [0.25, 0.3) is 0 Å². The van der Waals surface area contributed by atoms with Gasteiger partial charge in [0, 0.05) is 0 Å². The highest BCUT2D eigenvalue weighted by atomic mass is 14.1. The molecule has 11 heavy (non-hydrogen) atoms. The van der Waals surface area contributed by atoms with Gasteiger partial charge in [-0.15, -0.1) is 0 Å². The molecule has 0 spiro atoms. The Morgan fingerprint density at radius 3 is 3.09 bits per heavy atom. The second-order valence-electron chi connectivity index (χ2n) is 3.37. The van der Waals surface area contributed by atoms with E-state index >= 15 is 0 Å². The molecule has 0 aromatic carbocycles. The zero-order valence-electron chi connectivity index (χ0n) is 7.64. The van der Waals surface area contributed by atoms with Crippen LogP contribution < -0.4 is 0 Å². The maximum Gasteiger partial charge on any atom is -0.0231 e. The molecule has 0 heterocycles. The van der Waals surface area contributed by atoms with Crippen molar-refractivity contribution in [3.05, 3.63) is 23.8 Å². The Labute approximate surface area is 70.0 Å². The van der Waals surface area contributed by atoms with Gasteiger partial charge in [0.25, 0.3) is 0 Å². The summed E-state index contributed by atoms with van der Waals surface area (Å²) in [5.74, 6) is 0.790. The highest BCUT2D eigenvalue weighted by molar-refractivity contribution is 5.16. The molecule has 0 amide bonds. The molecule has 0 fully saturated rings. The van der Waals surface area contributed by atoms with Crippen molar-refractivity contribution in [2.75, 3.05) is 0 Å². The molecule has 0 N–H and O–H groups in total. The van der Waals surface area contributed by atoms with Gasteiger partial charge in [-0.2, -0.15) is 0 Å². The lowest BCUT2D eigenvalue weighted by atomic mass is 9.95. The summed E-state index contributed by atoms with van der Waals surface area (Å²) in [7, 11) is 0. The van der Waals surface area contributed by atoms with Crippen molar-refractivity contribution < 1.29 is 0 Å². The van der Waals surface area contributed by atoms with Crippen LogP contribution in [0.4, 0.5) is 0 Å². The monoisotopic (exact) mass is 150 g/mol. The lowest BCUT2D eigenvalue weighted by molar-refractivity contribution is 0.614. The maximum absolute atomic E-state index is 2.32. The highest BCUT2D eigenvalue weighted by Gasteiger charge is 2.05. The molecule has 1 aliphatic rings. The third-order valence-electron chi connectivity index (χ3n) is 2.53. The van der Waals surface area contributed by atoms with Gasteiger partial charge in [-0.3, -0.25) is 0 Å². The molecule has 0 radical (unpaired) electrons. The fourth-order valence-corrected chi connectivity index (χ4v) is 1.47. The summed E-state index contributed by atoms with van der Waals surface area (Å²) >= 11 is 0. The molecule has 1 atom stereocenters. The first-order valence-electron chi connectivity index (χ1n) is 4.70. The Balaban J connectivity index is 2.55. The molecule has 0 saturated heterocycles. The molecule has 0 aliphatic heterocycles. The number of rotatable bonds is 2. The van der Waals surface area contributed by atoms with Crippen LogP contribution in [-0.4, -0.2) is 0 Å². The molecule has 0 nitrogen and oxygen atoms in total. The molecule has 0 aromatic heterocycles. The Hall–Kier alpha value is -0.520. The minimum atomic E-state index is 0.790. The fourth-order valence-electron chi connectivity index (χ4n) is 1.47. The lowest BCUT2D eigenvalue weighted by Crippen LogP contribution is -1.96. The van der Waals surface area contributed by atoms with Crippen LogP contribution in [0.1, 0.15) is 39.5 Å². The molecule has 0 aromatic rings. The van der Waals surface area contributed by atoms with Gasteiger partial charge >= 0.3 is 0 Å². The second kappa shape index (κ2) is 4.38. The second-order valence-corrected chi connectivity index (χ2v) is 3.37. The summed E-state index contributed by atoms with van der Waals surface area (Å²) in [4.78, 5) is 0. The first-order chi connectivity index (χ1) is 5.34. The van der Waals surface area contributed by atoms with Crippen LogP contribution in [-0.2, 0) is 0 Å². The molecule has 62 valence electrons. The van der Waals surface area contributed by atoms with E-state index < -0.39 is 0 Å². The Kier molecular flexibility index (Phi) is 3.41. The van der Waals surface area contributed by atoms with Gasteiger partial charge in [-0.1, -0.05) is 37.6 Å². The maximum atomic E-state index is 2.32. The zero-order chi connectivity index (χ0) is 8.10. The minimum Gasteiger partial charge on any atom is -0.0845 e. The van der Waals surface area contributed by atoms with E-state index in [1.165, 1.54) is 25.7 Å². The largest absolute Gasteiger partial charge is 0.0845 e. The van der Waals surface area contributed by atoms with Gasteiger partial charge in [0.05, 0.1) is 0 Å². The van der Waals surface area contributed by atoms with E-state index in [-0.39, 0.29) is 0 Å². The van der Waals surface area contributed by atoms with Gasteiger partial charge < -0.3 is 0 Å². The summed E-state index contributed by atoms with van der Waals surface area (Å²) in [5.41, 5.74) is 1.64. The summed E-state index contributed by atoms with van der Waals surface area (Å²) in [5, 5.41) is 0. The highest BCUT2D eigenvalue weighted by Crippen LogP contribution is 2.22. The number of hydrogen-bond acceptors (Lipinski definition) is 0. The molecule has 1 rings (SSSR count). The van der Waals surface area contributed by atoms with Crippen molar-refractivity contribution in [1.82, 2.24) is 0 Å². The van der Waals surface area contributed by atoms with E-state index in [1.807, 2.05) is 0 Å². The van der Waals surface area contributed by atoms with Crippen molar-refractivity contribution >= 4 is 0 Å². The number of hydrogen-bond donors (Lipinski definition) is 0. The van der Waals surface area contributed by atoms with Gasteiger partial charge in [-0.25, -0.2) is 0 Å². The van der Waals surface area contributed by atoms with Crippen LogP contribution >= 0.6 is 0 Å². The summed E-state index contributed by atoms with van der Waals surface area (Å²) < 4.78 is 0. The van der Waals surface area contributed by atoms with E-state index in [0.29, 0.717) is 0 Å². The minimum absolute atomic E-state index is 0.790. The fraction of sp³-hybridized carbons (Fsp3) is 0.636. The smallest absolute Gasteiger partial charge is 0.0231 e. The van der Waals surface area contributed by atoms with Crippen LogP contribution in [0.2, 0.25) is 0 Å². The van der Waals surface area contributed by atoms with Gasteiger partial charge in [0.15, 0.2) is 0 Å². The predicted octanol–water partition coefficient (Wildman–Crippen LogP) is 3.70. The Morgan fingerprint density at radius 1 is 1.55 bits per heavy atom. The molecular weight excluding hydrogens is 132 g/mol. The molecule has 1 unspecified atom stereocenters. The zero-order valence-corrected chi connectivity index (χ0v) is 7.64. The Bertz CT molecular complexity index is 163. The van der Waals surface area contributed by atoms with Gasteiger partial charge in [0.2, 0.25) is 0 Å². The molecule has 1 aliphatic carbocycles. The number of allylic oxidation sites excluding steroid dienone is 4. The van der Waals surface area contributed by atoms with Crippen molar-refractivity contribution in [3.63, 3.8) is 0 Å².